The van der Waals surface area contributed by atoms with Crippen molar-refractivity contribution >= 4 is 27.4 Å². The molecule has 0 bridgehead atoms. The number of hydrogen-bond acceptors (Lipinski definition) is 5. The van der Waals surface area contributed by atoms with E-state index in [0.29, 0.717) is 5.69 Å². The molecule has 21 heavy (non-hydrogen) atoms. The molecular formula is C14H19NO5S. The van der Waals surface area contributed by atoms with E-state index in [1.54, 1.807) is 19.9 Å². The molecule has 0 spiro atoms. The van der Waals surface area contributed by atoms with Crippen molar-refractivity contribution in [3.05, 3.63) is 23.8 Å². The van der Waals surface area contributed by atoms with Crippen molar-refractivity contribution in [2.45, 2.75) is 31.6 Å². The van der Waals surface area contributed by atoms with Gasteiger partial charge in [-0.2, -0.15) is 0 Å². The van der Waals surface area contributed by atoms with E-state index in [2.05, 4.69) is 5.32 Å². The molecule has 0 aliphatic rings. The normalized spacial score (nSPS) is 11.0. The molecule has 6 nitrogen and oxygen atoms in total. The lowest BCUT2D eigenvalue weighted by molar-refractivity contribution is -0.144. The number of rotatable bonds is 6. The fraction of sp³-hybridized carbons (Fsp3) is 0.429. The maximum Gasteiger partial charge on any atom is 0.306 e. The van der Waals surface area contributed by atoms with Crippen molar-refractivity contribution in [2.24, 2.45) is 0 Å². The summed E-state index contributed by atoms with van der Waals surface area (Å²) in [5.41, 5.74) is 1.17. The molecule has 1 rings (SSSR count). The smallest absolute Gasteiger partial charge is 0.306 e. The second kappa shape index (κ2) is 7.21. The van der Waals surface area contributed by atoms with Gasteiger partial charge >= 0.3 is 5.97 Å². The molecule has 116 valence electrons. The van der Waals surface area contributed by atoms with Crippen LogP contribution in [0, 0.1) is 6.92 Å². The highest BCUT2D eigenvalue weighted by Gasteiger charge is 2.12. The molecule has 1 amide bonds. The van der Waals surface area contributed by atoms with E-state index in [1.165, 1.54) is 12.1 Å². The molecule has 0 saturated heterocycles. The molecule has 7 heteroatoms. The molecule has 0 unspecified atom stereocenters. The second-order valence-corrected chi connectivity index (χ2v) is 6.62. The Morgan fingerprint density at radius 3 is 2.48 bits per heavy atom. The number of ether oxygens (including phenoxy) is 1. The van der Waals surface area contributed by atoms with E-state index in [9.17, 15) is 18.0 Å². The summed E-state index contributed by atoms with van der Waals surface area (Å²) in [6.07, 6.45) is 1.08. The first-order chi connectivity index (χ1) is 9.74. The minimum atomic E-state index is -3.34. The Labute approximate surface area is 124 Å². The number of esters is 1. The predicted octanol–water partition coefficient (Wildman–Crippen LogP) is 1.68. The zero-order valence-corrected chi connectivity index (χ0v) is 13.1. The molecule has 0 radical (unpaired) electrons. The Morgan fingerprint density at radius 1 is 1.24 bits per heavy atom. The first-order valence-electron chi connectivity index (χ1n) is 6.50. The molecule has 0 aliphatic heterocycles. The molecule has 0 aromatic heterocycles. The summed E-state index contributed by atoms with van der Waals surface area (Å²) in [6.45, 7) is 3.72. The summed E-state index contributed by atoms with van der Waals surface area (Å²) in [5.74, 6) is -0.800. The number of carbonyl (C=O) groups excluding carboxylic acids is 2. The van der Waals surface area contributed by atoms with Crippen LogP contribution in [0.15, 0.2) is 23.1 Å². The number of nitrogens with one attached hydrogen (secondary N) is 1. The Morgan fingerprint density at radius 2 is 1.90 bits per heavy atom. The van der Waals surface area contributed by atoms with Gasteiger partial charge < -0.3 is 10.1 Å². The third-order valence-corrected chi connectivity index (χ3v) is 3.88. The van der Waals surface area contributed by atoms with Crippen molar-refractivity contribution in [1.29, 1.82) is 0 Å². The lowest BCUT2D eigenvalue weighted by atomic mass is 10.2. The molecule has 0 aliphatic carbocycles. The molecule has 1 aromatic carbocycles. The topological polar surface area (TPSA) is 89.5 Å². The highest BCUT2D eigenvalue weighted by molar-refractivity contribution is 7.90. The molecule has 1 N–H and O–H groups in total. The first-order valence-corrected chi connectivity index (χ1v) is 8.39. The van der Waals surface area contributed by atoms with Gasteiger partial charge in [-0.25, -0.2) is 8.42 Å². The van der Waals surface area contributed by atoms with Crippen LogP contribution in [0.2, 0.25) is 0 Å². The second-order valence-electron chi connectivity index (χ2n) is 4.60. The van der Waals surface area contributed by atoms with E-state index >= 15 is 0 Å². The molecule has 0 heterocycles. The van der Waals surface area contributed by atoms with Gasteiger partial charge in [0.05, 0.1) is 17.9 Å². The molecule has 1 aromatic rings. The third-order valence-electron chi connectivity index (χ3n) is 2.77. The molecule has 0 saturated carbocycles. The molecular weight excluding hydrogens is 294 g/mol. The minimum Gasteiger partial charge on any atom is -0.466 e. The van der Waals surface area contributed by atoms with Crippen LogP contribution in [0.3, 0.4) is 0 Å². The maximum absolute atomic E-state index is 11.8. The zero-order chi connectivity index (χ0) is 16.0. The standard InChI is InChI=1S/C14H19NO5S/c1-4-20-14(17)8-7-13(16)15-12-9-11(21(3,18)19)6-5-10(12)2/h5-6,9H,4,7-8H2,1-3H3,(H,15,16). The Balaban J connectivity index is 2.74. The van der Waals surface area contributed by atoms with Gasteiger partial charge in [-0.15, -0.1) is 0 Å². The summed E-state index contributed by atoms with van der Waals surface area (Å²) < 4.78 is 27.7. The van der Waals surface area contributed by atoms with E-state index in [-0.39, 0.29) is 30.3 Å². The summed E-state index contributed by atoms with van der Waals surface area (Å²) in [5, 5.41) is 2.61. The molecule has 0 atom stereocenters. The van der Waals surface area contributed by atoms with Gasteiger partial charge in [0.1, 0.15) is 0 Å². The van der Waals surface area contributed by atoms with Crippen molar-refractivity contribution in [2.75, 3.05) is 18.2 Å². The maximum atomic E-state index is 11.8. The number of amides is 1. The Hall–Kier alpha value is -1.89. The SMILES string of the molecule is CCOC(=O)CCC(=O)Nc1cc(S(C)(=O)=O)ccc1C. The fourth-order valence-electron chi connectivity index (χ4n) is 1.63. The number of sulfone groups is 1. The van der Waals surface area contributed by atoms with Gasteiger partial charge in [0.2, 0.25) is 5.91 Å². The van der Waals surface area contributed by atoms with Crippen molar-refractivity contribution in [3.8, 4) is 0 Å². The van der Waals surface area contributed by atoms with Crippen molar-refractivity contribution in [1.82, 2.24) is 0 Å². The largest absolute Gasteiger partial charge is 0.466 e. The van der Waals surface area contributed by atoms with E-state index in [0.717, 1.165) is 11.8 Å². The van der Waals surface area contributed by atoms with Crippen LogP contribution in [0.5, 0.6) is 0 Å². The number of aryl methyl sites for hydroxylation is 1. The predicted molar refractivity (Wildman–Crippen MR) is 78.8 cm³/mol. The molecule has 0 fully saturated rings. The Kier molecular flexibility index (Phi) is 5.90. The number of carbonyl (C=O) groups is 2. The van der Waals surface area contributed by atoms with Gasteiger partial charge in [-0.3, -0.25) is 9.59 Å². The summed E-state index contributed by atoms with van der Waals surface area (Å²) in [4.78, 5) is 23.1. The van der Waals surface area contributed by atoms with E-state index in [1.807, 2.05) is 0 Å². The number of hydrogen-bond donors (Lipinski definition) is 1. The van der Waals surface area contributed by atoms with Crippen LogP contribution in [-0.4, -0.2) is 33.2 Å². The van der Waals surface area contributed by atoms with Crippen molar-refractivity contribution in [3.63, 3.8) is 0 Å². The van der Waals surface area contributed by atoms with Crippen LogP contribution in [-0.2, 0) is 24.2 Å². The quantitative estimate of drug-likeness (QED) is 0.807. The monoisotopic (exact) mass is 313 g/mol. The average Bonchev–Trinajstić information content (AvgIpc) is 2.38. The lowest BCUT2D eigenvalue weighted by Crippen LogP contribution is -2.15. The lowest BCUT2D eigenvalue weighted by Gasteiger charge is -2.10. The first kappa shape index (κ1) is 17.2. The third kappa shape index (κ3) is 5.55. The van der Waals surface area contributed by atoms with Crippen LogP contribution >= 0.6 is 0 Å². The number of anilines is 1. The zero-order valence-electron chi connectivity index (χ0n) is 12.3. The van der Waals surface area contributed by atoms with Gasteiger partial charge in [0, 0.05) is 18.4 Å². The highest BCUT2D eigenvalue weighted by Crippen LogP contribution is 2.20. The summed E-state index contributed by atoms with van der Waals surface area (Å²) >= 11 is 0. The van der Waals surface area contributed by atoms with E-state index in [4.69, 9.17) is 4.74 Å². The van der Waals surface area contributed by atoms with Crippen LogP contribution in [0.1, 0.15) is 25.3 Å². The minimum absolute atomic E-state index is 0.00944. The fourth-order valence-corrected chi connectivity index (χ4v) is 2.28. The van der Waals surface area contributed by atoms with Gasteiger partial charge in [-0.05, 0) is 31.5 Å². The van der Waals surface area contributed by atoms with Gasteiger partial charge in [-0.1, -0.05) is 6.07 Å². The van der Waals surface area contributed by atoms with Crippen molar-refractivity contribution < 1.29 is 22.7 Å². The van der Waals surface area contributed by atoms with Gasteiger partial charge in [0.25, 0.3) is 0 Å². The van der Waals surface area contributed by atoms with Crippen LogP contribution in [0.25, 0.3) is 0 Å². The summed E-state index contributed by atoms with van der Waals surface area (Å²) in [6, 6.07) is 4.52. The van der Waals surface area contributed by atoms with E-state index < -0.39 is 15.8 Å². The van der Waals surface area contributed by atoms with Crippen LogP contribution in [0.4, 0.5) is 5.69 Å². The highest BCUT2D eigenvalue weighted by atomic mass is 32.2. The number of benzene rings is 1. The average molecular weight is 313 g/mol. The summed E-state index contributed by atoms with van der Waals surface area (Å²) in [7, 11) is -3.34. The Bertz CT molecular complexity index is 637. The van der Waals surface area contributed by atoms with Crippen LogP contribution < -0.4 is 5.32 Å². The van der Waals surface area contributed by atoms with Gasteiger partial charge in [0.15, 0.2) is 9.84 Å².